The highest BCUT2D eigenvalue weighted by atomic mass is 32.1. The fourth-order valence-electron chi connectivity index (χ4n) is 2.47. The molecule has 0 aliphatic heterocycles. The number of aliphatic hydroxyl groups excluding tert-OH is 1. The number of anilines is 1. The predicted molar refractivity (Wildman–Crippen MR) is 74.3 cm³/mol. The molecule has 3 rings (SSSR count). The van der Waals surface area contributed by atoms with E-state index in [2.05, 4.69) is 15.3 Å². The fraction of sp³-hybridized carbons (Fsp3) is 0.538. The maximum absolute atomic E-state index is 9.40. The van der Waals surface area contributed by atoms with Gasteiger partial charge < -0.3 is 10.4 Å². The summed E-state index contributed by atoms with van der Waals surface area (Å²) in [6, 6.07) is 0. The number of rotatable bonds is 3. The van der Waals surface area contributed by atoms with Crippen molar-refractivity contribution in [3.8, 4) is 0 Å². The Morgan fingerprint density at radius 3 is 3.00 bits per heavy atom. The zero-order chi connectivity index (χ0) is 12.7. The summed E-state index contributed by atoms with van der Waals surface area (Å²) in [6.45, 7) is 4.21. The van der Waals surface area contributed by atoms with E-state index in [1.54, 1.807) is 18.3 Å². The van der Waals surface area contributed by atoms with Crippen LogP contribution in [0.2, 0.25) is 0 Å². The lowest BCUT2D eigenvalue weighted by Gasteiger charge is -2.10. The Balaban J connectivity index is 2.10. The van der Waals surface area contributed by atoms with Gasteiger partial charge in [0, 0.05) is 11.4 Å². The number of nitrogens with zero attached hydrogens (tertiary/aromatic N) is 2. The van der Waals surface area contributed by atoms with E-state index in [1.807, 2.05) is 6.92 Å². The minimum atomic E-state index is -0.373. The van der Waals surface area contributed by atoms with Gasteiger partial charge in [-0.1, -0.05) is 0 Å². The molecule has 0 spiro atoms. The lowest BCUT2D eigenvalue weighted by Crippen LogP contribution is -2.16. The van der Waals surface area contributed by atoms with Crippen molar-refractivity contribution in [1.29, 1.82) is 0 Å². The lowest BCUT2D eigenvalue weighted by molar-refractivity contribution is 0.208. The Labute approximate surface area is 110 Å². The first kappa shape index (κ1) is 11.9. The molecule has 0 radical (unpaired) electrons. The summed E-state index contributed by atoms with van der Waals surface area (Å²) in [6.07, 6.45) is 3.17. The normalized spacial score (nSPS) is 15.9. The highest BCUT2D eigenvalue weighted by Crippen LogP contribution is 2.39. The molecule has 2 aromatic heterocycles. The summed E-state index contributed by atoms with van der Waals surface area (Å²) >= 11 is 1.80. The summed E-state index contributed by atoms with van der Waals surface area (Å²) in [5.41, 5.74) is 1.42. The molecule has 1 aliphatic carbocycles. The average molecular weight is 263 g/mol. The highest BCUT2D eigenvalue weighted by molar-refractivity contribution is 7.19. The molecule has 4 nitrogen and oxygen atoms in total. The smallest absolute Gasteiger partial charge is 0.138 e. The number of hydrogen-bond acceptors (Lipinski definition) is 5. The Kier molecular flexibility index (Phi) is 2.95. The summed E-state index contributed by atoms with van der Waals surface area (Å²) in [5.74, 6) is 1.67. The van der Waals surface area contributed by atoms with Gasteiger partial charge in [0.05, 0.1) is 11.5 Å². The zero-order valence-corrected chi connectivity index (χ0v) is 11.5. The molecule has 2 N–H and O–H groups in total. The zero-order valence-electron chi connectivity index (χ0n) is 10.7. The molecule has 0 bridgehead atoms. The molecule has 0 aromatic carbocycles. The molecule has 0 amide bonds. The number of hydrogen-bond donors (Lipinski definition) is 2. The van der Waals surface area contributed by atoms with Crippen molar-refractivity contribution in [2.24, 2.45) is 0 Å². The maximum Gasteiger partial charge on any atom is 0.138 e. The SMILES string of the molecule is Cc1nc(NC[C@@H](C)O)c2c3c(sc2n1)CCC3. The van der Waals surface area contributed by atoms with Gasteiger partial charge in [0.1, 0.15) is 16.5 Å². The van der Waals surface area contributed by atoms with Crippen LogP contribution in [0, 0.1) is 6.92 Å². The van der Waals surface area contributed by atoms with Gasteiger partial charge in [-0.3, -0.25) is 0 Å². The number of aliphatic hydroxyl groups is 1. The van der Waals surface area contributed by atoms with Crippen LogP contribution < -0.4 is 5.32 Å². The average Bonchev–Trinajstić information content (AvgIpc) is 2.84. The van der Waals surface area contributed by atoms with Gasteiger partial charge in [-0.15, -0.1) is 11.3 Å². The first-order chi connectivity index (χ1) is 8.65. The number of aryl methyl sites for hydroxylation is 3. The maximum atomic E-state index is 9.40. The van der Waals surface area contributed by atoms with E-state index in [0.29, 0.717) is 6.54 Å². The fourth-order valence-corrected chi connectivity index (χ4v) is 3.78. The van der Waals surface area contributed by atoms with Crippen molar-refractivity contribution in [2.45, 2.75) is 39.2 Å². The Bertz CT molecular complexity index is 591. The first-order valence-corrected chi connectivity index (χ1v) is 7.17. The third-order valence-corrected chi connectivity index (χ3v) is 4.43. The van der Waals surface area contributed by atoms with Crippen LogP contribution in [0.1, 0.15) is 29.6 Å². The number of thiophene rings is 1. The molecular formula is C13H17N3OS. The second kappa shape index (κ2) is 4.48. The molecule has 1 atom stereocenters. The lowest BCUT2D eigenvalue weighted by atomic mass is 10.2. The number of fused-ring (bicyclic) bond motifs is 3. The quantitative estimate of drug-likeness (QED) is 0.892. The molecule has 18 heavy (non-hydrogen) atoms. The predicted octanol–water partition coefficient (Wildman–Crippen LogP) is 2.28. The van der Waals surface area contributed by atoms with Crippen molar-refractivity contribution in [3.63, 3.8) is 0 Å². The largest absolute Gasteiger partial charge is 0.392 e. The van der Waals surface area contributed by atoms with Gasteiger partial charge in [-0.25, -0.2) is 9.97 Å². The molecule has 2 heterocycles. The van der Waals surface area contributed by atoms with Crippen LogP contribution >= 0.6 is 11.3 Å². The van der Waals surface area contributed by atoms with Gasteiger partial charge in [-0.2, -0.15) is 0 Å². The van der Waals surface area contributed by atoms with Crippen molar-refractivity contribution >= 4 is 27.4 Å². The van der Waals surface area contributed by atoms with Gasteiger partial charge in [0.2, 0.25) is 0 Å². The molecule has 0 fully saturated rings. The van der Waals surface area contributed by atoms with E-state index in [-0.39, 0.29) is 6.10 Å². The highest BCUT2D eigenvalue weighted by Gasteiger charge is 2.21. The number of nitrogens with one attached hydrogen (secondary N) is 1. The Morgan fingerprint density at radius 2 is 2.22 bits per heavy atom. The van der Waals surface area contributed by atoms with Crippen molar-refractivity contribution < 1.29 is 5.11 Å². The number of aromatic nitrogens is 2. The molecular weight excluding hydrogens is 246 g/mol. The van der Waals surface area contributed by atoms with Gasteiger partial charge in [0.15, 0.2) is 0 Å². The van der Waals surface area contributed by atoms with Crippen LogP contribution in [0.25, 0.3) is 10.2 Å². The summed E-state index contributed by atoms with van der Waals surface area (Å²) < 4.78 is 0. The van der Waals surface area contributed by atoms with E-state index in [4.69, 9.17) is 0 Å². The topological polar surface area (TPSA) is 58.0 Å². The van der Waals surface area contributed by atoms with Crippen LogP contribution in [0.3, 0.4) is 0 Å². The van der Waals surface area contributed by atoms with Crippen LogP contribution in [0.15, 0.2) is 0 Å². The van der Waals surface area contributed by atoms with Crippen LogP contribution in [-0.2, 0) is 12.8 Å². The molecule has 1 aliphatic rings. The molecule has 2 aromatic rings. The van der Waals surface area contributed by atoms with Crippen LogP contribution in [0.5, 0.6) is 0 Å². The Morgan fingerprint density at radius 1 is 1.39 bits per heavy atom. The van der Waals surface area contributed by atoms with Crippen molar-refractivity contribution in [1.82, 2.24) is 9.97 Å². The van der Waals surface area contributed by atoms with E-state index in [9.17, 15) is 5.11 Å². The minimum Gasteiger partial charge on any atom is -0.392 e. The Hall–Kier alpha value is -1.20. The molecule has 0 saturated carbocycles. The summed E-state index contributed by atoms with van der Waals surface area (Å²) in [7, 11) is 0. The third kappa shape index (κ3) is 1.97. The van der Waals surface area contributed by atoms with Gasteiger partial charge in [-0.05, 0) is 38.7 Å². The summed E-state index contributed by atoms with van der Waals surface area (Å²) in [5, 5.41) is 13.8. The summed E-state index contributed by atoms with van der Waals surface area (Å²) in [4.78, 5) is 11.6. The minimum absolute atomic E-state index is 0.373. The van der Waals surface area contributed by atoms with Crippen molar-refractivity contribution in [2.75, 3.05) is 11.9 Å². The molecule has 0 unspecified atom stereocenters. The van der Waals surface area contributed by atoms with Gasteiger partial charge >= 0.3 is 0 Å². The second-order valence-electron chi connectivity index (χ2n) is 4.89. The van der Waals surface area contributed by atoms with E-state index < -0.39 is 0 Å². The van der Waals surface area contributed by atoms with E-state index in [1.165, 1.54) is 28.7 Å². The third-order valence-electron chi connectivity index (χ3n) is 3.24. The van der Waals surface area contributed by atoms with E-state index >= 15 is 0 Å². The van der Waals surface area contributed by atoms with E-state index in [0.717, 1.165) is 22.9 Å². The standard InChI is InChI=1S/C13H17N3OS/c1-7(17)6-14-12-11-9-4-3-5-10(9)18-13(11)16-8(2)15-12/h7,17H,3-6H2,1-2H3,(H,14,15,16)/t7-/m1/s1. The van der Waals surface area contributed by atoms with Crippen LogP contribution in [-0.4, -0.2) is 27.7 Å². The van der Waals surface area contributed by atoms with Crippen LogP contribution in [0.4, 0.5) is 5.82 Å². The first-order valence-electron chi connectivity index (χ1n) is 6.36. The monoisotopic (exact) mass is 263 g/mol. The van der Waals surface area contributed by atoms with Crippen molar-refractivity contribution in [3.05, 3.63) is 16.3 Å². The molecule has 5 heteroatoms. The molecule has 0 saturated heterocycles. The second-order valence-corrected chi connectivity index (χ2v) is 5.97. The molecule has 96 valence electrons. The van der Waals surface area contributed by atoms with Gasteiger partial charge in [0.25, 0.3) is 0 Å².